The second-order valence-electron chi connectivity index (χ2n) is 5.18. The van der Waals surface area contributed by atoms with E-state index in [-0.39, 0.29) is 24.9 Å². The minimum Gasteiger partial charge on any atom is -0.454 e. The molecule has 0 spiro atoms. The minimum absolute atomic E-state index is 0.0123. The molecular formula is C16H13BrN4O5. The number of ether oxygens (including phenoxy) is 2. The zero-order chi connectivity index (χ0) is 18.5. The lowest BCUT2D eigenvalue weighted by Gasteiger charge is -2.06. The number of hydrazone groups is 1. The van der Waals surface area contributed by atoms with E-state index in [0.29, 0.717) is 27.2 Å². The largest absolute Gasteiger partial charge is 0.454 e. The van der Waals surface area contributed by atoms with Crippen LogP contribution in [0.3, 0.4) is 0 Å². The number of carbonyl (C=O) groups excluding carboxylic acids is 1. The number of amides is 1. The van der Waals surface area contributed by atoms with Crippen LogP contribution in [0.2, 0.25) is 0 Å². The van der Waals surface area contributed by atoms with Gasteiger partial charge in [-0.3, -0.25) is 14.9 Å². The van der Waals surface area contributed by atoms with E-state index < -0.39 is 4.92 Å². The first-order chi connectivity index (χ1) is 12.5. The molecular weight excluding hydrogens is 408 g/mol. The Morgan fingerprint density at radius 3 is 2.85 bits per heavy atom. The van der Waals surface area contributed by atoms with Gasteiger partial charge in [0.05, 0.1) is 17.7 Å². The highest BCUT2D eigenvalue weighted by Crippen LogP contribution is 2.34. The molecule has 2 aromatic rings. The first-order valence-electron chi connectivity index (χ1n) is 7.42. The average molecular weight is 421 g/mol. The average Bonchev–Trinajstić information content (AvgIpc) is 3.09. The lowest BCUT2D eigenvalue weighted by atomic mass is 10.2. The molecule has 0 saturated heterocycles. The molecule has 0 fully saturated rings. The van der Waals surface area contributed by atoms with E-state index in [2.05, 4.69) is 31.8 Å². The highest BCUT2D eigenvalue weighted by Gasteiger charge is 2.13. The van der Waals surface area contributed by atoms with E-state index in [0.717, 1.165) is 0 Å². The van der Waals surface area contributed by atoms with Gasteiger partial charge in [0.1, 0.15) is 0 Å². The van der Waals surface area contributed by atoms with Crippen molar-refractivity contribution in [3.8, 4) is 11.5 Å². The van der Waals surface area contributed by atoms with E-state index in [9.17, 15) is 14.9 Å². The lowest BCUT2D eigenvalue weighted by molar-refractivity contribution is -0.384. The number of rotatable bonds is 6. The summed E-state index contributed by atoms with van der Waals surface area (Å²) in [5, 5.41) is 17.5. The van der Waals surface area contributed by atoms with Crippen molar-refractivity contribution < 1.29 is 19.2 Å². The fourth-order valence-corrected chi connectivity index (χ4v) is 2.61. The van der Waals surface area contributed by atoms with Crippen LogP contribution in [0.25, 0.3) is 0 Å². The maximum Gasteiger partial charge on any atom is 0.270 e. The second kappa shape index (κ2) is 7.83. The van der Waals surface area contributed by atoms with Gasteiger partial charge >= 0.3 is 0 Å². The van der Waals surface area contributed by atoms with Crippen LogP contribution in [0.5, 0.6) is 11.5 Å². The highest BCUT2D eigenvalue weighted by atomic mass is 79.9. The van der Waals surface area contributed by atoms with Crippen molar-refractivity contribution in [1.82, 2.24) is 5.43 Å². The fourth-order valence-electron chi connectivity index (χ4n) is 2.14. The predicted molar refractivity (Wildman–Crippen MR) is 97.6 cm³/mol. The molecule has 0 unspecified atom stereocenters. The third kappa shape index (κ3) is 4.28. The summed E-state index contributed by atoms with van der Waals surface area (Å²) in [6.07, 6.45) is 1.40. The third-order valence-corrected chi connectivity index (χ3v) is 4.10. The summed E-state index contributed by atoms with van der Waals surface area (Å²) in [5.74, 6) is 0.937. The van der Waals surface area contributed by atoms with E-state index in [1.807, 2.05) is 0 Å². The van der Waals surface area contributed by atoms with Crippen molar-refractivity contribution in [2.45, 2.75) is 0 Å². The van der Waals surface area contributed by atoms with E-state index in [4.69, 9.17) is 9.47 Å². The van der Waals surface area contributed by atoms with Gasteiger partial charge in [0.25, 0.3) is 11.6 Å². The van der Waals surface area contributed by atoms with E-state index >= 15 is 0 Å². The Kier molecular flexibility index (Phi) is 5.32. The molecule has 26 heavy (non-hydrogen) atoms. The number of benzene rings is 2. The van der Waals surface area contributed by atoms with Crippen LogP contribution in [-0.4, -0.2) is 30.4 Å². The van der Waals surface area contributed by atoms with Crippen LogP contribution in [0.1, 0.15) is 5.56 Å². The summed E-state index contributed by atoms with van der Waals surface area (Å²) in [7, 11) is 0. The molecule has 0 atom stereocenters. The fraction of sp³-hybridized carbons (Fsp3) is 0.125. The van der Waals surface area contributed by atoms with Crippen molar-refractivity contribution in [1.29, 1.82) is 0 Å². The number of nitro benzene ring substituents is 1. The standard InChI is InChI=1S/C16H13BrN4O5/c17-13-6-12(21(23)24)3-1-10(13)7-19-20-16(22)8-18-11-2-4-14-15(5-11)26-9-25-14/h1-7,18H,8-9H2,(H,20,22)/b19-7-. The third-order valence-electron chi connectivity index (χ3n) is 3.41. The number of nitrogens with zero attached hydrogens (tertiary/aromatic N) is 2. The van der Waals surface area contributed by atoms with E-state index in [1.165, 1.54) is 24.4 Å². The van der Waals surface area contributed by atoms with Crippen molar-refractivity contribution in [2.24, 2.45) is 5.10 Å². The molecule has 0 aromatic heterocycles. The number of non-ortho nitro benzene ring substituents is 1. The summed E-state index contributed by atoms with van der Waals surface area (Å²) in [4.78, 5) is 22.0. The zero-order valence-corrected chi connectivity index (χ0v) is 14.9. The molecule has 2 aromatic carbocycles. The van der Waals surface area contributed by atoms with Crippen LogP contribution in [-0.2, 0) is 4.79 Å². The maximum absolute atomic E-state index is 11.8. The Hall–Kier alpha value is -3.14. The molecule has 10 heteroatoms. The Labute approximate surface area is 156 Å². The van der Waals surface area contributed by atoms with Crippen LogP contribution in [0, 0.1) is 10.1 Å². The van der Waals surface area contributed by atoms with Crippen LogP contribution in [0.15, 0.2) is 46.0 Å². The number of halogens is 1. The number of nitro groups is 1. The van der Waals surface area contributed by atoms with Crippen molar-refractivity contribution >= 4 is 39.4 Å². The monoisotopic (exact) mass is 420 g/mol. The summed E-state index contributed by atoms with van der Waals surface area (Å²) in [6, 6.07) is 9.53. The molecule has 0 aliphatic carbocycles. The molecule has 0 saturated carbocycles. The van der Waals surface area contributed by atoms with Gasteiger partial charge in [0.2, 0.25) is 6.79 Å². The molecule has 1 aliphatic heterocycles. The van der Waals surface area contributed by atoms with Crippen molar-refractivity contribution in [3.05, 3.63) is 56.5 Å². The van der Waals surface area contributed by atoms with Crippen LogP contribution < -0.4 is 20.2 Å². The number of anilines is 1. The molecule has 134 valence electrons. The molecule has 9 nitrogen and oxygen atoms in total. The zero-order valence-electron chi connectivity index (χ0n) is 13.3. The quantitative estimate of drug-likeness (QED) is 0.421. The Bertz CT molecular complexity index is 887. The first-order valence-corrected chi connectivity index (χ1v) is 8.21. The normalized spacial score (nSPS) is 12.2. The van der Waals surface area contributed by atoms with Gasteiger partial charge in [-0.2, -0.15) is 5.10 Å². The van der Waals surface area contributed by atoms with Crippen molar-refractivity contribution in [2.75, 3.05) is 18.7 Å². The highest BCUT2D eigenvalue weighted by molar-refractivity contribution is 9.10. The summed E-state index contributed by atoms with van der Waals surface area (Å²) in [6.45, 7) is 0.199. The number of fused-ring (bicyclic) bond motifs is 1. The molecule has 3 rings (SSSR count). The summed E-state index contributed by atoms with van der Waals surface area (Å²) < 4.78 is 11.0. The van der Waals surface area contributed by atoms with Gasteiger partial charge in [-0.25, -0.2) is 5.43 Å². The minimum atomic E-state index is -0.491. The predicted octanol–water partition coefficient (Wildman–Crippen LogP) is 2.65. The topological polar surface area (TPSA) is 115 Å². The summed E-state index contributed by atoms with van der Waals surface area (Å²) >= 11 is 3.23. The molecule has 1 aliphatic rings. The van der Waals surface area contributed by atoms with Gasteiger partial charge in [0, 0.05) is 33.9 Å². The second-order valence-corrected chi connectivity index (χ2v) is 6.03. The van der Waals surface area contributed by atoms with Crippen molar-refractivity contribution in [3.63, 3.8) is 0 Å². The SMILES string of the molecule is O=C(CNc1ccc2c(c1)OCO2)N/N=C\c1ccc([N+](=O)[O-])cc1Br. The van der Waals surface area contributed by atoms with Gasteiger partial charge in [-0.1, -0.05) is 0 Å². The maximum atomic E-state index is 11.8. The van der Waals surface area contributed by atoms with Crippen LogP contribution in [0.4, 0.5) is 11.4 Å². The molecule has 0 radical (unpaired) electrons. The molecule has 2 N–H and O–H groups in total. The molecule has 1 amide bonds. The van der Waals surface area contributed by atoms with Gasteiger partial charge in [0.15, 0.2) is 11.5 Å². The number of carbonyl (C=O) groups is 1. The lowest BCUT2D eigenvalue weighted by Crippen LogP contribution is -2.25. The first kappa shape index (κ1) is 17.7. The van der Waals surface area contributed by atoms with Gasteiger partial charge in [-0.05, 0) is 34.1 Å². The smallest absolute Gasteiger partial charge is 0.270 e. The molecule has 0 bridgehead atoms. The van der Waals surface area contributed by atoms with Crippen LogP contribution >= 0.6 is 15.9 Å². The number of hydrogen-bond acceptors (Lipinski definition) is 7. The number of hydrogen-bond donors (Lipinski definition) is 2. The Balaban J connectivity index is 1.51. The summed E-state index contributed by atoms with van der Waals surface area (Å²) in [5.41, 5.74) is 3.65. The van der Waals surface area contributed by atoms with Gasteiger partial charge in [-0.15, -0.1) is 0 Å². The number of nitrogens with one attached hydrogen (secondary N) is 2. The Morgan fingerprint density at radius 1 is 1.27 bits per heavy atom. The van der Waals surface area contributed by atoms with E-state index in [1.54, 1.807) is 18.2 Å². The molecule has 1 heterocycles. The Morgan fingerprint density at radius 2 is 2.08 bits per heavy atom. The van der Waals surface area contributed by atoms with Gasteiger partial charge < -0.3 is 14.8 Å².